The van der Waals surface area contributed by atoms with Crippen molar-refractivity contribution in [2.24, 2.45) is 5.92 Å². The van der Waals surface area contributed by atoms with Gasteiger partial charge in [-0.1, -0.05) is 13.8 Å². The molecule has 1 aromatic rings. The summed E-state index contributed by atoms with van der Waals surface area (Å²) in [7, 11) is 0. The van der Waals surface area contributed by atoms with E-state index in [4.69, 9.17) is 9.47 Å². The van der Waals surface area contributed by atoms with Crippen molar-refractivity contribution in [3.63, 3.8) is 0 Å². The standard InChI is InChI=1S/C19H25N3O5/c1-12(2)6-7-19(3)17(24)22(18(25)21-19)11-16(23)20-13-4-5-14-15(10-13)27-9-8-26-14/h4-5,10,12H,6-9,11H2,1-3H3,(H,20,23)(H,21,25)/t19-/m1/s1. The second-order valence-electron chi connectivity index (χ2n) is 7.49. The van der Waals surface area contributed by atoms with Gasteiger partial charge >= 0.3 is 6.03 Å². The maximum atomic E-state index is 12.7. The molecule has 0 radical (unpaired) electrons. The summed E-state index contributed by atoms with van der Waals surface area (Å²) >= 11 is 0. The molecule has 2 aliphatic rings. The Bertz CT molecular complexity index is 764. The van der Waals surface area contributed by atoms with E-state index in [0.29, 0.717) is 42.7 Å². The first-order chi connectivity index (χ1) is 12.8. The lowest BCUT2D eigenvalue weighted by atomic mass is 9.92. The minimum atomic E-state index is -0.960. The van der Waals surface area contributed by atoms with E-state index < -0.39 is 17.5 Å². The SMILES string of the molecule is CC(C)CC[C@@]1(C)NC(=O)N(CC(=O)Nc2ccc3c(c2)OCCO3)C1=O. The third-order valence-electron chi connectivity index (χ3n) is 4.69. The van der Waals surface area contributed by atoms with Gasteiger partial charge in [0.05, 0.1) is 0 Å². The molecule has 0 aromatic heterocycles. The molecule has 1 atom stereocenters. The molecule has 1 aromatic carbocycles. The number of nitrogens with one attached hydrogen (secondary N) is 2. The summed E-state index contributed by atoms with van der Waals surface area (Å²) in [6.07, 6.45) is 1.34. The van der Waals surface area contributed by atoms with Crippen molar-refractivity contribution in [3.8, 4) is 11.5 Å². The Morgan fingerprint density at radius 1 is 1.26 bits per heavy atom. The zero-order chi connectivity index (χ0) is 19.6. The first-order valence-electron chi connectivity index (χ1n) is 9.12. The summed E-state index contributed by atoms with van der Waals surface area (Å²) in [6, 6.07) is 4.51. The van der Waals surface area contributed by atoms with Crippen molar-refractivity contribution in [3.05, 3.63) is 18.2 Å². The second kappa shape index (κ2) is 7.46. The molecule has 3 rings (SSSR count). The minimum absolute atomic E-state index is 0.337. The van der Waals surface area contributed by atoms with Crippen LogP contribution in [0.2, 0.25) is 0 Å². The number of fused-ring (bicyclic) bond motifs is 1. The van der Waals surface area contributed by atoms with Gasteiger partial charge in [-0.15, -0.1) is 0 Å². The van der Waals surface area contributed by atoms with Gasteiger partial charge in [-0.3, -0.25) is 14.5 Å². The number of anilines is 1. The Hall–Kier alpha value is -2.77. The normalized spacial score (nSPS) is 21.4. The van der Waals surface area contributed by atoms with Crippen LogP contribution >= 0.6 is 0 Å². The quantitative estimate of drug-likeness (QED) is 0.743. The summed E-state index contributed by atoms with van der Waals surface area (Å²) in [6.45, 7) is 6.42. The summed E-state index contributed by atoms with van der Waals surface area (Å²) < 4.78 is 10.9. The zero-order valence-electron chi connectivity index (χ0n) is 15.8. The van der Waals surface area contributed by atoms with Gasteiger partial charge in [-0.2, -0.15) is 0 Å². The number of nitrogens with zero attached hydrogens (tertiary/aromatic N) is 1. The van der Waals surface area contributed by atoms with Crippen LogP contribution in [-0.4, -0.2) is 48.0 Å². The van der Waals surface area contributed by atoms with Crippen molar-refractivity contribution >= 4 is 23.5 Å². The molecule has 2 N–H and O–H groups in total. The Balaban J connectivity index is 1.62. The van der Waals surface area contributed by atoms with Crippen LogP contribution in [0.3, 0.4) is 0 Å². The summed E-state index contributed by atoms with van der Waals surface area (Å²) in [5.41, 5.74) is -0.447. The number of carbonyl (C=O) groups is 3. The van der Waals surface area contributed by atoms with Crippen molar-refractivity contribution in [1.82, 2.24) is 10.2 Å². The number of imide groups is 1. The molecule has 8 heteroatoms. The van der Waals surface area contributed by atoms with Gasteiger partial charge in [0.2, 0.25) is 5.91 Å². The molecule has 4 amide bonds. The summed E-state index contributed by atoms with van der Waals surface area (Å²) in [4.78, 5) is 38.2. The number of rotatable bonds is 6. The monoisotopic (exact) mass is 375 g/mol. The Morgan fingerprint density at radius 2 is 1.96 bits per heavy atom. The molecule has 2 aliphatic heterocycles. The molecule has 0 spiro atoms. The Morgan fingerprint density at radius 3 is 2.67 bits per heavy atom. The van der Waals surface area contributed by atoms with E-state index >= 15 is 0 Å². The third-order valence-corrected chi connectivity index (χ3v) is 4.69. The first kappa shape index (κ1) is 19.0. The van der Waals surface area contributed by atoms with Gasteiger partial charge in [-0.25, -0.2) is 4.79 Å². The number of hydrogen-bond donors (Lipinski definition) is 2. The summed E-state index contributed by atoms with van der Waals surface area (Å²) in [5.74, 6) is 0.761. The number of ether oxygens (including phenoxy) is 2. The number of hydrogen-bond acceptors (Lipinski definition) is 5. The minimum Gasteiger partial charge on any atom is -0.486 e. The van der Waals surface area contributed by atoms with E-state index in [1.165, 1.54) is 0 Å². The molecule has 0 saturated carbocycles. The van der Waals surface area contributed by atoms with Crippen LogP contribution < -0.4 is 20.1 Å². The van der Waals surface area contributed by atoms with E-state index in [0.717, 1.165) is 11.3 Å². The second-order valence-corrected chi connectivity index (χ2v) is 7.49. The average Bonchev–Trinajstić information content (AvgIpc) is 2.83. The number of benzene rings is 1. The van der Waals surface area contributed by atoms with Crippen molar-refractivity contribution < 1.29 is 23.9 Å². The lowest BCUT2D eigenvalue weighted by molar-refractivity contribution is -0.133. The largest absolute Gasteiger partial charge is 0.486 e. The maximum Gasteiger partial charge on any atom is 0.325 e. The number of carbonyl (C=O) groups excluding carboxylic acids is 3. The highest BCUT2D eigenvalue weighted by Gasteiger charge is 2.47. The fourth-order valence-electron chi connectivity index (χ4n) is 3.10. The topological polar surface area (TPSA) is 97.0 Å². The fraction of sp³-hybridized carbons (Fsp3) is 0.526. The molecule has 27 heavy (non-hydrogen) atoms. The van der Waals surface area contributed by atoms with Crippen LogP contribution in [0.15, 0.2) is 18.2 Å². The molecule has 146 valence electrons. The first-order valence-corrected chi connectivity index (χ1v) is 9.12. The molecule has 8 nitrogen and oxygen atoms in total. The molecular weight excluding hydrogens is 350 g/mol. The highest BCUT2D eigenvalue weighted by molar-refractivity contribution is 6.09. The van der Waals surface area contributed by atoms with E-state index in [-0.39, 0.29) is 12.5 Å². The van der Waals surface area contributed by atoms with Gasteiger partial charge in [0.1, 0.15) is 25.3 Å². The lowest BCUT2D eigenvalue weighted by Gasteiger charge is -2.22. The third kappa shape index (κ3) is 4.15. The van der Waals surface area contributed by atoms with Crippen LogP contribution in [0.5, 0.6) is 11.5 Å². The Kier molecular flexibility index (Phi) is 5.25. The summed E-state index contributed by atoms with van der Waals surface area (Å²) in [5, 5.41) is 5.41. The zero-order valence-corrected chi connectivity index (χ0v) is 15.8. The number of urea groups is 1. The van der Waals surface area contributed by atoms with Gasteiger partial charge in [-0.05, 0) is 37.8 Å². The smallest absolute Gasteiger partial charge is 0.325 e. The predicted octanol–water partition coefficient (Wildman–Crippen LogP) is 2.14. The van der Waals surface area contributed by atoms with Crippen molar-refractivity contribution in [2.75, 3.05) is 25.1 Å². The molecule has 1 fully saturated rings. The fourth-order valence-corrected chi connectivity index (χ4v) is 3.10. The molecule has 1 saturated heterocycles. The van der Waals surface area contributed by atoms with Gasteiger partial charge < -0.3 is 20.1 Å². The van der Waals surface area contributed by atoms with Crippen LogP contribution in [0.25, 0.3) is 0 Å². The van der Waals surface area contributed by atoms with E-state index in [1.807, 2.05) is 0 Å². The average molecular weight is 375 g/mol. The van der Waals surface area contributed by atoms with Crippen LogP contribution in [0.1, 0.15) is 33.6 Å². The van der Waals surface area contributed by atoms with Gasteiger partial charge in [0, 0.05) is 11.8 Å². The predicted molar refractivity (Wildman–Crippen MR) is 98.8 cm³/mol. The van der Waals surface area contributed by atoms with E-state index in [1.54, 1.807) is 25.1 Å². The highest BCUT2D eigenvalue weighted by atomic mass is 16.6. The van der Waals surface area contributed by atoms with Gasteiger partial charge in [0.15, 0.2) is 11.5 Å². The van der Waals surface area contributed by atoms with Crippen LogP contribution in [0, 0.1) is 5.92 Å². The van der Waals surface area contributed by atoms with Gasteiger partial charge in [0.25, 0.3) is 5.91 Å². The highest BCUT2D eigenvalue weighted by Crippen LogP contribution is 2.32. The molecule has 0 aliphatic carbocycles. The molecule has 2 heterocycles. The lowest BCUT2D eigenvalue weighted by Crippen LogP contribution is -2.44. The van der Waals surface area contributed by atoms with Crippen molar-refractivity contribution in [1.29, 1.82) is 0 Å². The van der Waals surface area contributed by atoms with E-state index in [2.05, 4.69) is 24.5 Å². The van der Waals surface area contributed by atoms with Crippen LogP contribution in [0.4, 0.5) is 10.5 Å². The molecule has 0 unspecified atom stereocenters. The van der Waals surface area contributed by atoms with Crippen molar-refractivity contribution in [2.45, 2.75) is 39.2 Å². The Labute approximate surface area is 158 Å². The van der Waals surface area contributed by atoms with E-state index in [9.17, 15) is 14.4 Å². The maximum absolute atomic E-state index is 12.7. The number of amides is 4. The molecule has 0 bridgehead atoms. The van der Waals surface area contributed by atoms with Crippen LogP contribution in [-0.2, 0) is 9.59 Å². The molecular formula is C19H25N3O5.